The third-order valence-corrected chi connectivity index (χ3v) is 9.22. The largest absolute Gasteiger partial charge is 0.325 e. The number of likely N-dealkylation sites (N-methyl/N-ethyl adjacent to an activating group) is 1. The maximum atomic E-state index is 14.7. The fourth-order valence-corrected chi connectivity index (χ4v) is 7.64. The van der Waals surface area contributed by atoms with Gasteiger partial charge in [0.2, 0.25) is 5.91 Å². The SMILES string of the molecule is Cc1ccc(C(=O)[C@@H]2CN(C)[C@]3(c4ccccc4-c4nc5ccccc5nc43)[C@@]23C(=O)Nc2ccccc23)cc1. The molecule has 1 aliphatic carbocycles. The molecule has 3 heterocycles. The van der Waals surface area contributed by atoms with Crippen LogP contribution in [0.15, 0.2) is 97.1 Å². The number of carbonyl (C=O) groups excluding carboxylic acids is 2. The number of ketones is 1. The van der Waals surface area contributed by atoms with Gasteiger partial charge in [-0.3, -0.25) is 14.5 Å². The van der Waals surface area contributed by atoms with Crippen LogP contribution in [0.3, 0.4) is 0 Å². The van der Waals surface area contributed by atoms with Crippen molar-refractivity contribution in [3.63, 3.8) is 0 Å². The maximum Gasteiger partial charge on any atom is 0.238 e. The molecule has 1 N–H and O–H groups in total. The summed E-state index contributed by atoms with van der Waals surface area (Å²) in [5, 5.41) is 3.18. The number of likely N-dealkylation sites (tertiary alicyclic amines) is 1. The average Bonchev–Trinajstić information content (AvgIpc) is 3.55. The Morgan fingerprint density at radius 2 is 1.50 bits per heavy atom. The Hall–Kier alpha value is -4.68. The number of hydrogen-bond acceptors (Lipinski definition) is 5. The first-order chi connectivity index (χ1) is 19.5. The minimum atomic E-state index is -1.27. The van der Waals surface area contributed by atoms with Crippen LogP contribution in [0, 0.1) is 12.8 Å². The molecule has 0 saturated carbocycles. The second-order valence-corrected chi connectivity index (χ2v) is 11.1. The molecule has 1 fully saturated rings. The molecule has 40 heavy (non-hydrogen) atoms. The number of nitrogens with one attached hydrogen (secondary N) is 1. The van der Waals surface area contributed by atoms with E-state index in [2.05, 4.69) is 22.3 Å². The average molecular weight is 523 g/mol. The number of nitrogens with zero attached hydrogens (tertiary/aromatic N) is 3. The number of aromatic nitrogens is 2. The topological polar surface area (TPSA) is 75.2 Å². The molecule has 8 rings (SSSR count). The number of carbonyl (C=O) groups is 2. The molecule has 4 aromatic carbocycles. The molecule has 3 aliphatic rings. The van der Waals surface area contributed by atoms with Crippen LogP contribution in [0.4, 0.5) is 5.69 Å². The van der Waals surface area contributed by atoms with Crippen molar-refractivity contribution in [1.82, 2.24) is 14.9 Å². The van der Waals surface area contributed by atoms with Gasteiger partial charge in [-0.15, -0.1) is 0 Å². The summed E-state index contributed by atoms with van der Waals surface area (Å²) in [6, 6.07) is 31.4. The van der Waals surface area contributed by atoms with E-state index in [9.17, 15) is 9.59 Å². The summed E-state index contributed by atoms with van der Waals surface area (Å²) in [6.45, 7) is 2.39. The molecular weight excluding hydrogens is 496 g/mol. The summed E-state index contributed by atoms with van der Waals surface area (Å²) in [7, 11) is 2.02. The molecule has 5 aromatic rings. The number of Topliss-reactive ketones (excluding diaryl/α,β-unsaturated/α-hetero) is 1. The number of anilines is 1. The van der Waals surface area contributed by atoms with Crippen LogP contribution in [0.25, 0.3) is 22.3 Å². The van der Waals surface area contributed by atoms with Gasteiger partial charge < -0.3 is 5.32 Å². The van der Waals surface area contributed by atoms with Crippen molar-refractivity contribution < 1.29 is 9.59 Å². The third-order valence-electron chi connectivity index (χ3n) is 9.22. The van der Waals surface area contributed by atoms with Crippen molar-refractivity contribution in [2.75, 3.05) is 18.9 Å². The molecule has 0 bridgehead atoms. The van der Waals surface area contributed by atoms with E-state index in [0.717, 1.165) is 50.4 Å². The van der Waals surface area contributed by atoms with E-state index < -0.39 is 16.9 Å². The number of para-hydroxylation sites is 3. The van der Waals surface area contributed by atoms with E-state index in [0.29, 0.717) is 12.1 Å². The Morgan fingerprint density at radius 3 is 2.27 bits per heavy atom. The van der Waals surface area contributed by atoms with Gasteiger partial charge >= 0.3 is 0 Å². The van der Waals surface area contributed by atoms with E-state index >= 15 is 0 Å². The Balaban J connectivity index is 1.51. The Morgan fingerprint density at radius 1 is 0.850 bits per heavy atom. The summed E-state index contributed by atoms with van der Waals surface area (Å²) in [4.78, 5) is 41.8. The lowest BCUT2D eigenvalue weighted by atomic mass is 9.58. The van der Waals surface area contributed by atoms with Gasteiger partial charge in [0, 0.05) is 23.4 Å². The lowest BCUT2D eigenvalue weighted by Crippen LogP contribution is -2.58. The molecule has 1 aromatic heterocycles. The van der Waals surface area contributed by atoms with Gasteiger partial charge in [0.25, 0.3) is 0 Å². The van der Waals surface area contributed by atoms with Gasteiger partial charge in [-0.1, -0.05) is 84.4 Å². The molecule has 6 heteroatoms. The first-order valence-corrected chi connectivity index (χ1v) is 13.6. The summed E-state index contributed by atoms with van der Waals surface area (Å²) in [5.74, 6) is -0.882. The van der Waals surface area contributed by atoms with Crippen molar-refractivity contribution in [2.24, 2.45) is 5.92 Å². The van der Waals surface area contributed by atoms with Crippen LogP contribution in [-0.4, -0.2) is 40.2 Å². The molecule has 194 valence electrons. The van der Waals surface area contributed by atoms with E-state index in [1.54, 1.807) is 0 Å². The Bertz CT molecular complexity index is 1900. The van der Waals surface area contributed by atoms with Crippen molar-refractivity contribution in [3.8, 4) is 11.3 Å². The molecule has 0 unspecified atom stereocenters. The van der Waals surface area contributed by atoms with Crippen LogP contribution in [0.2, 0.25) is 0 Å². The predicted molar refractivity (Wildman–Crippen MR) is 154 cm³/mol. The molecule has 2 spiro atoms. The standard InChI is InChI=1S/C34H26N4O2/c1-20-15-17-21(18-16-20)30(39)25-19-38(2)34(33(25)24-11-5-6-12-26(24)37-32(33)40)23-10-4-3-9-22(23)29-31(34)36-28-14-8-7-13-27(28)35-29/h3-18,25H,19H2,1-2H3,(H,37,40)/t25-,33+,34-/m0/s1. The normalized spacial score (nSPS) is 24.4. The smallest absolute Gasteiger partial charge is 0.238 e. The highest BCUT2D eigenvalue weighted by Gasteiger charge is 2.76. The van der Waals surface area contributed by atoms with Gasteiger partial charge in [-0.05, 0) is 43.3 Å². The van der Waals surface area contributed by atoms with Crippen LogP contribution in [-0.2, 0) is 15.7 Å². The van der Waals surface area contributed by atoms with Crippen molar-refractivity contribution in [1.29, 1.82) is 0 Å². The molecule has 3 atom stereocenters. The minimum absolute atomic E-state index is 0.0461. The molecule has 0 radical (unpaired) electrons. The second-order valence-electron chi connectivity index (χ2n) is 11.1. The Kier molecular flexibility index (Phi) is 4.60. The first-order valence-electron chi connectivity index (χ1n) is 13.6. The zero-order chi connectivity index (χ0) is 27.2. The molecule has 2 aliphatic heterocycles. The number of hydrogen-bond donors (Lipinski definition) is 1. The summed E-state index contributed by atoms with van der Waals surface area (Å²) < 4.78 is 0. The third kappa shape index (κ3) is 2.62. The number of benzene rings is 4. The zero-order valence-corrected chi connectivity index (χ0v) is 22.2. The summed E-state index contributed by atoms with van der Waals surface area (Å²) in [6.07, 6.45) is 0. The Labute approximate surface area is 231 Å². The van der Waals surface area contributed by atoms with Gasteiger partial charge in [0.15, 0.2) is 5.78 Å². The fraction of sp³-hybridized carbons (Fsp3) is 0.176. The predicted octanol–water partition coefficient (Wildman–Crippen LogP) is 5.50. The zero-order valence-electron chi connectivity index (χ0n) is 22.2. The van der Waals surface area contributed by atoms with E-state index in [1.807, 2.05) is 98.9 Å². The molecule has 6 nitrogen and oxygen atoms in total. The van der Waals surface area contributed by atoms with Gasteiger partial charge in [0.1, 0.15) is 11.0 Å². The van der Waals surface area contributed by atoms with Crippen molar-refractivity contribution >= 4 is 28.4 Å². The number of fused-ring (bicyclic) bond motifs is 9. The monoisotopic (exact) mass is 522 g/mol. The van der Waals surface area contributed by atoms with Crippen LogP contribution >= 0.6 is 0 Å². The quantitative estimate of drug-likeness (QED) is 0.310. The second kappa shape index (κ2) is 7.93. The molecule has 1 amide bonds. The molecular formula is C34H26N4O2. The highest BCUT2D eigenvalue weighted by Crippen LogP contribution is 2.67. The van der Waals surface area contributed by atoms with Crippen LogP contribution in [0.1, 0.15) is 32.7 Å². The fourth-order valence-electron chi connectivity index (χ4n) is 7.64. The van der Waals surface area contributed by atoms with Crippen LogP contribution in [0.5, 0.6) is 0 Å². The molecule has 1 saturated heterocycles. The van der Waals surface area contributed by atoms with E-state index in [1.165, 1.54) is 0 Å². The van der Waals surface area contributed by atoms with Crippen molar-refractivity contribution in [2.45, 2.75) is 17.9 Å². The maximum absolute atomic E-state index is 14.7. The minimum Gasteiger partial charge on any atom is -0.325 e. The lowest BCUT2D eigenvalue weighted by Gasteiger charge is -2.45. The highest BCUT2D eigenvalue weighted by molar-refractivity contribution is 6.14. The van der Waals surface area contributed by atoms with E-state index in [-0.39, 0.29) is 11.7 Å². The number of amides is 1. The summed E-state index contributed by atoms with van der Waals surface area (Å²) in [5.41, 5.74) is 5.89. The highest BCUT2D eigenvalue weighted by atomic mass is 16.2. The lowest BCUT2D eigenvalue weighted by molar-refractivity contribution is -0.124. The number of rotatable bonds is 2. The summed E-state index contributed by atoms with van der Waals surface area (Å²) >= 11 is 0. The van der Waals surface area contributed by atoms with Crippen molar-refractivity contribution in [3.05, 3.63) is 125 Å². The van der Waals surface area contributed by atoms with E-state index in [4.69, 9.17) is 9.97 Å². The van der Waals surface area contributed by atoms with Crippen LogP contribution < -0.4 is 5.32 Å². The van der Waals surface area contributed by atoms with Gasteiger partial charge in [-0.25, -0.2) is 9.97 Å². The number of aryl methyl sites for hydroxylation is 1. The first kappa shape index (κ1) is 23.2. The van der Waals surface area contributed by atoms with Gasteiger partial charge in [0.05, 0.1) is 28.3 Å². The van der Waals surface area contributed by atoms with Gasteiger partial charge in [-0.2, -0.15) is 0 Å².